The Morgan fingerprint density at radius 3 is 2.85 bits per heavy atom. The van der Waals surface area contributed by atoms with Crippen molar-refractivity contribution in [1.29, 1.82) is 0 Å². The van der Waals surface area contributed by atoms with Gasteiger partial charge in [-0.2, -0.15) is 0 Å². The third-order valence-corrected chi connectivity index (χ3v) is 8.35. The molecule has 0 spiro atoms. The summed E-state index contributed by atoms with van der Waals surface area (Å²) < 4.78 is 24.6. The molecule has 1 N–H and O–H groups in total. The molecule has 39 heavy (non-hydrogen) atoms. The van der Waals surface area contributed by atoms with E-state index in [9.17, 15) is 9.18 Å². The van der Waals surface area contributed by atoms with Crippen LogP contribution in [0.5, 0.6) is 5.75 Å². The molecule has 2 aromatic heterocycles. The second-order valence-corrected chi connectivity index (χ2v) is 11.0. The minimum Gasteiger partial charge on any atom is -0.487 e. The maximum Gasteiger partial charge on any atom is 0.237 e. The number of benzene rings is 2. The molecule has 0 saturated carbocycles. The minimum absolute atomic E-state index is 0.152. The zero-order chi connectivity index (χ0) is 26.8. The number of anilines is 2. The van der Waals surface area contributed by atoms with Crippen LogP contribution in [0.1, 0.15) is 16.0 Å². The van der Waals surface area contributed by atoms with Crippen LogP contribution in [0.3, 0.4) is 0 Å². The highest BCUT2D eigenvalue weighted by atomic mass is 35.5. The number of carbonyl (C=O) groups is 1. The van der Waals surface area contributed by atoms with Crippen molar-refractivity contribution in [2.45, 2.75) is 19.6 Å². The molecule has 0 aliphatic carbocycles. The number of rotatable bonds is 7. The summed E-state index contributed by atoms with van der Waals surface area (Å²) in [5.74, 6) is 1.06. The molecular formula is C28H27ClFN5O3S. The van der Waals surface area contributed by atoms with Crippen molar-refractivity contribution < 1.29 is 18.7 Å². The van der Waals surface area contributed by atoms with Crippen molar-refractivity contribution in [2.75, 3.05) is 44.7 Å². The van der Waals surface area contributed by atoms with Gasteiger partial charge in [-0.3, -0.25) is 9.69 Å². The maximum atomic E-state index is 13.4. The Morgan fingerprint density at radius 1 is 1.15 bits per heavy atom. The third-order valence-electron chi connectivity index (χ3n) is 6.93. The van der Waals surface area contributed by atoms with Gasteiger partial charge in [-0.25, -0.2) is 14.4 Å². The quantitative estimate of drug-likeness (QED) is 0.336. The minimum atomic E-state index is -0.305. The average molecular weight is 568 g/mol. The molecule has 1 saturated heterocycles. The standard InChI is InChI=1S/C28H27ClFN5O3S/c29-22-13-20(4-5-23(22)38-16-18-2-1-3-19(30)12-18)33-27-26-21-6-7-35(14-24(21)39-28(26)32-17-31-27)25(36)15-34-8-10-37-11-9-34/h1-5,12-13,17H,6-11,14-16H2,(H,31,32,33). The highest BCUT2D eigenvalue weighted by Gasteiger charge is 2.27. The Labute approximate surface area is 234 Å². The molecule has 4 aromatic rings. The monoisotopic (exact) mass is 567 g/mol. The van der Waals surface area contributed by atoms with E-state index in [1.807, 2.05) is 11.0 Å². The molecular weight excluding hydrogens is 541 g/mol. The first-order chi connectivity index (χ1) is 19.0. The van der Waals surface area contributed by atoms with E-state index in [1.54, 1.807) is 41.9 Å². The fraction of sp³-hybridized carbons (Fsp3) is 0.321. The number of nitrogens with one attached hydrogen (secondary N) is 1. The van der Waals surface area contributed by atoms with Gasteiger partial charge < -0.3 is 19.7 Å². The van der Waals surface area contributed by atoms with Crippen LogP contribution in [0.2, 0.25) is 5.02 Å². The number of ether oxygens (including phenoxy) is 2. The van der Waals surface area contributed by atoms with Crippen molar-refractivity contribution in [3.8, 4) is 5.75 Å². The number of thiophene rings is 1. The van der Waals surface area contributed by atoms with Gasteiger partial charge in [0.25, 0.3) is 0 Å². The molecule has 202 valence electrons. The van der Waals surface area contributed by atoms with Gasteiger partial charge in [-0.15, -0.1) is 11.3 Å². The van der Waals surface area contributed by atoms with E-state index < -0.39 is 0 Å². The first-order valence-electron chi connectivity index (χ1n) is 12.8. The molecule has 1 fully saturated rings. The Bertz CT molecular complexity index is 1510. The summed E-state index contributed by atoms with van der Waals surface area (Å²) in [5.41, 5.74) is 2.67. The molecule has 2 aromatic carbocycles. The molecule has 0 bridgehead atoms. The number of morpholine rings is 1. The Kier molecular flexibility index (Phi) is 7.60. The lowest BCUT2D eigenvalue weighted by molar-refractivity contribution is -0.134. The van der Waals surface area contributed by atoms with Gasteiger partial charge in [0.1, 0.15) is 35.1 Å². The molecule has 8 nitrogen and oxygen atoms in total. The second-order valence-electron chi connectivity index (χ2n) is 9.55. The molecule has 6 rings (SSSR count). The molecule has 1 amide bonds. The summed E-state index contributed by atoms with van der Waals surface area (Å²) in [6.07, 6.45) is 2.30. The molecule has 2 aliphatic heterocycles. The third kappa shape index (κ3) is 5.84. The van der Waals surface area contributed by atoms with Gasteiger partial charge in [0.15, 0.2) is 0 Å². The zero-order valence-corrected chi connectivity index (χ0v) is 22.7. The van der Waals surface area contributed by atoms with Crippen LogP contribution < -0.4 is 10.1 Å². The second kappa shape index (κ2) is 11.4. The number of hydrogen-bond donors (Lipinski definition) is 1. The number of hydrogen-bond acceptors (Lipinski definition) is 8. The molecule has 2 aliphatic rings. The first-order valence-corrected chi connectivity index (χ1v) is 14.0. The largest absolute Gasteiger partial charge is 0.487 e. The predicted octanol–water partition coefficient (Wildman–Crippen LogP) is 5.02. The summed E-state index contributed by atoms with van der Waals surface area (Å²) in [7, 11) is 0. The van der Waals surface area contributed by atoms with E-state index in [0.29, 0.717) is 49.4 Å². The topological polar surface area (TPSA) is 79.8 Å². The molecule has 4 heterocycles. The summed E-state index contributed by atoms with van der Waals surface area (Å²) >= 11 is 8.11. The van der Waals surface area contributed by atoms with Crippen LogP contribution in [0.15, 0.2) is 48.8 Å². The van der Waals surface area contributed by atoms with Crippen molar-refractivity contribution in [1.82, 2.24) is 19.8 Å². The fourth-order valence-electron chi connectivity index (χ4n) is 4.91. The average Bonchev–Trinajstić information content (AvgIpc) is 3.32. The lowest BCUT2D eigenvalue weighted by atomic mass is 10.0. The summed E-state index contributed by atoms with van der Waals surface area (Å²) in [4.78, 5) is 28.1. The first kappa shape index (κ1) is 25.9. The molecule has 0 unspecified atom stereocenters. The highest BCUT2D eigenvalue weighted by Crippen LogP contribution is 2.39. The molecule has 0 radical (unpaired) electrons. The van der Waals surface area contributed by atoms with Gasteiger partial charge in [0.2, 0.25) is 5.91 Å². The highest BCUT2D eigenvalue weighted by molar-refractivity contribution is 7.19. The van der Waals surface area contributed by atoms with E-state index in [-0.39, 0.29) is 18.3 Å². The van der Waals surface area contributed by atoms with Gasteiger partial charge in [0.05, 0.1) is 36.7 Å². The molecule has 0 atom stereocenters. The van der Waals surface area contributed by atoms with Gasteiger partial charge >= 0.3 is 0 Å². The van der Waals surface area contributed by atoms with Crippen molar-refractivity contribution >= 4 is 50.6 Å². The van der Waals surface area contributed by atoms with Crippen LogP contribution in [0.4, 0.5) is 15.9 Å². The van der Waals surface area contributed by atoms with Crippen LogP contribution in [-0.2, 0) is 29.1 Å². The van der Waals surface area contributed by atoms with Crippen LogP contribution in [-0.4, -0.2) is 65.1 Å². The molecule has 11 heteroatoms. The van der Waals surface area contributed by atoms with Crippen molar-refractivity contribution in [3.05, 3.63) is 75.6 Å². The number of halogens is 2. The van der Waals surface area contributed by atoms with Gasteiger partial charge in [-0.1, -0.05) is 23.7 Å². The van der Waals surface area contributed by atoms with Crippen LogP contribution >= 0.6 is 22.9 Å². The zero-order valence-electron chi connectivity index (χ0n) is 21.2. The Morgan fingerprint density at radius 2 is 2.03 bits per heavy atom. The number of amides is 1. The van der Waals surface area contributed by atoms with E-state index in [0.717, 1.165) is 45.9 Å². The number of carbonyl (C=O) groups excluding carboxylic acids is 1. The SMILES string of the molecule is O=C(CN1CCOCC1)N1CCc2c(sc3ncnc(Nc4ccc(OCc5cccc(F)c5)c(Cl)c4)c23)C1. The number of aromatic nitrogens is 2. The number of fused-ring (bicyclic) bond motifs is 3. The van der Waals surface area contributed by atoms with Gasteiger partial charge in [0, 0.05) is 30.2 Å². The lowest BCUT2D eigenvalue weighted by Crippen LogP contribution is -2.45. The van der Waals surface area contributed by atoms with Gasteiger partial charge in [-0.05, 0) is 47.9 Å². The maximum absolute atomic E-state index is 13.4. The fourth-order valence-corrected chi connectivity index (χ4v) is 6.34. The number of nitrogens with zero attached hydrogens (tertiary/aromatic N) is 4. The van der Waals surface area contributed by atoms with Crippen molar-refractivity contribution in [3.63, 3.8) is 0 Å². The van der Waals surface area contributed by atoms with Crippen LogP contribution in [0.25, 0.3) is 10.2 Å². The lowest BCUT2D eigenvalue weighted by Gasteiger charge is -2.31. The van der Waals surface area contributed by atoms with E-state index >= 15 is 0 Å². The normalized spacial score (nSPS) is 15.8. The Hall–Kier alpha value is -3.31. The summed E-state index contributed by atoms with van der Waals surface area (Å²) in [5, 5.41) is 4.81. The van der Waals surface area contributed by atoms with E-state index in [4.69, 9.17) is 21.1 Å². The smallest absolute Gasteiger partial charge is 0.237 e. The van der Waals surface area contributed by atoms with E-state index in [2.05, 4.69) is 20.2 Å². The van der Waals surface area contributed by atoms with E-state index in [1.165, 1.54) is 17.7 Å². The Balaban J connectivity index is 1.16. The predicted molar refractivity (Wildman–Crippen MR) is 149 cm³/mol. The summed E-state index contributed by atoms with van der Waals surface area (Å²) in [6, 6.07) is 11.7. The van der Waals surface area contributed by atoms with Crippen molar-refractivity contribution in [2.24, 2.45) is 0 Å². The summed E-state index contributed by atoms with van der Waals surface area (Å²) in [6.45, 7) is 4.84. The van der Waals surface area contributed by atoms with Crippen LogP contribution in [0, 0.1) is 5.82 Å².